The highest BCUT2D eigenvalue weighted by Crippen LogP contribution is 2.33. The van der Waals surface area contributed by atoms with Crippen molar-refractivity contribution in [1.82, 2.24) is 15.0 Å². The van der Waals surface area contributed by atoms with Crippen LogP contribution in [0.5, 0.6) is 5.75 Å². The van der Waals surface area contributed by atoms with E-state index in [2.05, 4.69) is 15.5 Å². The Morgan fingerprint density at radius 2 is 2.07 bits per heavy atom. The summed E-state index contributed by atoms with van der Waals surface area (Å²) in [6.07, 6.45) is 1.68. The number of nitrogens with zero attached hydrogens (tertiary/aromatic N) is 3. The van der Waals surface area contributed by atoms with Crippen LogP contribution in [-0.2, 0) is 0 Å². The molecule has 150 valence electrons. The van der Waals surface area contributed by atoms with Gasteiger partial charge in [0.1, 0.15) is 11.8 Å². The molecule has 0 aliphatic carbocycles. The number of aromatic nitrogens is 2. The zero-order valence-electron chi connectivity index (χ0n) is 16.8. The Balaban J connectivity index is 1.53. The average molecular weight is 392 g/mol. The van der Waals surface area contributed by atoms with Crippen molar-refractivity contribution in [3.05, 3.63) is 59.5 Å². The number of hydrogen-bond acceptors (Lipinski definition) is 5. The van der Waals surface area contributed by atoms with Crippen LogP contribution >= 0.6 is 0 Å². The van der Waals surface area contributed by atoms with Crippen LogP contribution in [0.3, 0.4) is 0 Å². The van der Waals surface area contributed by atoms with Crippen LogP contribution in [0.1, 0.15) is 35.9 Å². The third kappa shape index (κ3) is 3.81. The number of aryl methyl sites for hydroxylation is 1. The van der Waals surface area contributed by atoms with Gasteiger partial charge in [-0.05, 0) is 56.0 Å². The molecule has 29 heavy (non-hydrogen) atoms. The molecule has 0 unspecified atom stereocenters. The highest BCUT2D eigenvalue weighted by Gasteiger charge is 2.34. The van der Waals surface area contributed by atoms with Crippen LogP contribution in [-0.4, -0.2) is 34.7 Å². The molecule has 7 nitrogen and oxygen atoms in total. The van der Waals surface area contributed by atoms with Crippen molar-refractivity contribution in [2.45, 2.75) is 32.7 Å². The van der Waals surface area contributed by atoms with Crippen LogP contribution in [0.4, 0.5) is 10.5 Å². The minimum Gasteiger partial charge on any atom is -0.497 e. The first-order chi connectivity index (χ1) is 14.1. The predicted octanol–water partition coefficient (Wildman–Crippen LogP) is 4.73. The summed E-state index contributed by atoms with van der Waals surface area (Å²) in [5.41, 5.74) is 3.84. The van der Waals surface area contributed by atoms with E-state index >= 15 is 0 Å². The van der Waals surface area contributed by atoms with Gasteiger partial charge in [0.2, 0.25) is 11.7 Å². The number of likely N-dealkylation sites (tertiary alicyclic amines) is 1. The van der Waals surface area contributed by atoms with Gasteiger partial charge in [-0.15, -0.1) is 0 Å². The largest absolute Gasteiger partial charge is 0.497 e. The second-order valence-corrected chi connectivity index (χ2v) is 7.22. The Labute approximate surface area is 169 Å². The van der Waals surface area contributed by atoms with Crippen LogP contribution in [0.15, 0.2) is 47.0 Å². The number of anilines is 1. The molecular weight excluding hydrogens is 368 g/mol. The molecule has 3 aromatic rings. The molecule has 1 fully saturated rings. The van der Waals surface area contributed by atoms with Gasteiger partial charge in [-0.2, -0.15) is 4.98 Å². The third-order valence-electron chi connectivity index (χ3n) is 5.41. The van der Waals surface area contributed by atoms with Crippen molar-refractivity contribution >= 4 is 11.7 Å². The average Bonchev–Trinajstić information content (AvgIpc) is 3.40. The molecule has 1 aliphatic rings. The number of methoxy groups -OCH3 is 1. The van der Waals surface area contributed by atoms with Crippen molar-refractivity contribution in [3.8, 4) is 17.1 Å². The Morgan fingerprint density at radius 1 is 1.24 bits per heavy atom. The summed E-state index contributed by atoms with van der Waals surface area (Å²) in [5.74, 6) is 1.67. The van der Waals surface area contributed by atoms with E-state index < -0.39 is 0 Å². The van der Waals surface area contributed by atoms with E-state index in [4.69, 9.17) is 9.26 Å². The second kappa shape index (κ2) is 7.95. The lowest BCUT2D eigenvalue weighted by molar-refractivity contribution is 0.193. The lowest BCUT2D eigenvalue weighted by Gasteiger charge is -2.23. The second-order valence-electron chi connectivity index (χ2n) is 7.22. The summed E-state index contributed by atoms with van der Waals surface area (Å²) < 4.78 is 10.8. The number of urea groups is 1. The summed E-state index contributed by atoms with van der Waals surface area (Å²) in [5, 5.41) is 7.14. The first-order valence-electron chi connectivity index (χ1n) is 9.68. The van der Waals surface area contributed by atoms with E-state index in [9.17, 15) is 4.79 Å². The normalized spacial score (nSPS) is 16.1. The molecule has 1 N–H and O–H groups in total. The maximum absolute atomic E-state index is 12.9. The summed E-state index contributed by atoms with van der Waals surface area (Å²) in [6, 6.07) is 13.0. The first-order valence-corrected chi connectivity index (χ1v) is 9.68. The smallest absolute Gasteiger partial charge is 0.322 e. The lowest BCUT2D eigenvalue weighted by atomic mass is 10.1. The van der Waals surface area contributed by atoms with Gasteiger partial charge in [0.15, 0.2) is 0 Å². The number of carbonyl (C=O) groups excluding carboxylic acids is 1. The molecule has 1 aliphatic heterocycles. The fourth-order valence-corrected chi connectivity index (χ4v) is 3.59. The molecule has 1 saturated heterocycles. The molecule has 2 aromatic carbocycles. The SMILES string of the molecule is COc1cccc(-c2noc([C@@H]3CCCN3C(=O)Nc3cccc(C)c3C)n2)c1. The highest BCUT2D eigenvalue weighted by molar-refractivity contribution is 5.90. The number of rotatable bonds is 4. The Bertz CT molecular complexity index is 1030. The number of ether oxygens (including phenoxy) is 1. The predicted molar refractivity (Wildman–Crippen MR) is 110 cm³/mol. The van der Waals surface area contributed by atoms with Crippen molar-refractivity contribution < 1.29 is 14.1 Å². The summed E-state index contributed by atoms with van der Waals surface area (Å²) >= 11 is 0. The molecule has 1 aromatic heterocycles. The van der Waals surface area contributed by atoms with Crippen LogP contribution in [0, 0.1) is 13.8 Å². The van der Waals surface area contributed by atoms with E-state index in [1.54, 1.807) is 12.0 Å². The zero-order valence-corrected chi connectivity index (χ0v) is 16.8. The molecule has 0 saturated carbocycles. The highest BCUT2D eigenvalue weighted by atomic mass is 16.5. The summed E-state index contributed by atoms with van der Waals surface area (Å²) in [7, 11) is 1.62. The number of benzene rings is 2. The number of hydrogen-bond donors (Lipinski definition) is 1. The van der Waals surface area contributed by atoms with Crippen molar-refractivity contribution in [1.29, 1.82) is 0 Å². The van der Waals surface area contributed by atoms with Crippen LogP contribution < -0.4 is 10.1 Å². The van der Waals surface area contributed by atoms with Gasteiger partial charge in [0.05, 0.1) is 7.11 Å². The van der Waals surface area contributed by atoms with Crippen LogP contribution in [0.2, 0.25) is 0 Å². The molecular formula is C22H24N4O3. The van der Waals surface area contributed by atoms with E-state index in [1.807, 2.05) is 56.3 Å². The lowest BCUT2D eigenvalue weighted by Crippen LogP contribution is -2.34. The maximum Gasteiger partial charge on any atom is 0.322 e. The molecule has 0 radical (unpaired) electrons. The first kappa shape index (κ1) is 19.0. The van der Waals surface area contributed by atoms with E-state index in [-0.39, 0.29) is 12.1 Å². The van der Waals surface area contributed by atoms with Crippen LogP contribution in [0.25, 0.3) is 11.4 Å². The van der Waals surface area contributed by atoms with Crippen molar-refractivity contribution in [2.24, 2.45) is 0 Å². The van der Waals surface area contributed by atoms with Gasteiger partial charge in [-0.3, -0.25) is 0 Å². The zero-order chi connectivity index (χ0) is 20.4. The number of nitrogens with one attached hydrogen (secondary N) is 1. The van der Waals surface area contributed by atoms with Gasteiger partial charge < -0.3 is 19.5 Å². The molecule has 0 spiro atoms. The minimum absolute atomic E-state index is 0.151. The Hall–Kier alpha value is -3.35. The Morgan fingerprint density at radius 3 is 2.90 bits per heavy atom. The van der Waals surface area contributed by atoms with E-state index in [1.165, 1.54) is 0 Å². The fourth-order valence-electron chi connectivity index (χ4n) is 3.59. The van der Waals surface area contributed by atoms with Gasteiger partial charge in [-0.25, -0.2) is 4.79 Å². The molecule has 7 heteroatoms. The van der Waals surface area contributed by atoms with E-state index in [0.29, 0.717) is 18.3 Å². The number of amides is 2. The molecule has 4 rings (SSSR count). The molecule has 0 bridgehead atoms. The fraction of sp³-hybridized carbons (Fsp3) is 0.318. The standard InChI is InChI=1S/C22H24N4O3/c1-14-7-4-10-18(15(14)2)23-22(27)26-12-6-11-19(26)21-24-20(25-29-21)16-8-5-9-17(13-16)28-3/h4-5,7-10,13,19H,6,11-12H2,1-3H3,(H,23,27)/t19-/m0/s1. The topological polar surface area (TPSA) is 80.5 Å². The molecule has 2 heterocycles. The molecule has 1 atom stereocenters. The summed E-state index contributed by atoms with van der Waals surface area (Å²) in [4.78, 5) is 19.3. The maximum atomic E-state index is 12.9. The van der Waals surface area contributed by atoms with Gasteiger partial charge >= 0.3 is 6.03 Å². The van der Waals surface area contributed by atoms with Crippen molar-refractivity contribution in [3.63, 3.8) is 0 Å². The minimum atomic E-state index is -0.230. The van der Waals surface area contributed by atoms with Gasteiger partial charge in [-0.1, -0.05) is 29.4 Å². The summed E-state index contributed by atoms with van der Waals surface area (Å²) in [6.45, 7) is 4.69. The van der Waals surface area contributed by atoms with Gasteiger partial charge in [0.25, 0.3) is 0 Å². The van der Waals surface area contributed by atoms with E-state index in [0.717, 1.165) is 41.0 Å². The monoisotopic (exact) mass is 392 g/mol. The number of carbonyl (C=O) groups is 1. The molecule has 2 amide bonds. The van der Waals surface area contributed by atoms with Crippen molar-refractivity contribution in [2.75, 3.05) is 19.0 Å². The quantitative estimate of drug-likeness (QED) is 0.694. The Kier molecular flexibility index (Phi) is 5.20. The third-order valence-corrected chi connectivity index (χ3v) is 5.41. The van der Waals surface area contributed by atoms with Gasteiger partial charge in [0, 0.05) is 17.8 Å².